The van der Waals surface area contributed by atoms with E-state index in [0.717, 1.165) is 30.4 Å². The maximum Gasteiger partial charge on any atom is 0.450 e. The van der Waals surface area contributed by atoms with Crippen molar-refractivity contribution in [3.63, 3.8) is 0 Å². The fourth-order valence-electron chi connectivity index (χ4n) is 5.81. The van der Waals surface area contributed by atoms with E-state index in [0.29, 0.717) is 6.42 Å². The van der Waals surface area contributed by atoms with Gasteiger partial charge in [-0.2, -0.15) is 13.2 Å². The van der Waals surface area contributed by atoms with Gasteiger partial charge in [0.05, 0.1) is 5.92 Å². The van der Waals surface area contributed by atoms with Gasteiger partial charge in [-0.05, 0) is 73.1 Å². The van der Waals surface area contributed by atoms with Crippen LogP contribution in [-0.2, 0) is 16.0 Å². The highest BCUT2D eigenvalue weighted by Crippen LogP contribution is 2.61. The Hall–Kier alpha value is -1.85. The molecule has 0 spiro atoms. The van der Waals surface area contributed by atoms with Crippen LogP contribution in [0.4, 0.5) is 13.2 Å². The summed E-state index contributed by atoms with van der Waals surface area (Å²) < 4.78 is 38.8. The Morgan fingerprint density at radius 2 is 2.00 bits per heavy atom. The standard InChI is InChI=1S/C20H21F3O3/c1-19-7-6-13-12-5-3-11(24)8-10(12)2-4-14(13)16(19)9-15(17(19)25)18(26)20(21,22)23/h3,5,8,13-16,24H,2,4,6-7,9H2,1H3/t13?,14?,15?,16?,19-/m0/s1. The van der Waals surface area contributed by atoms with Gasteiger partial charge in [0.15, 0.2) is 0 Å². The third kappa shape index (κ3) is 2.41. The Kier molecular flexibility index (Phi) is 3.76. The zero-order valence-electron chi connectivity index (χ0n) is 14.5. The maximum atomic E-state index is 12.9. The monoisotopic (exact) mass is 366 g/mol. The van der Waals surface area contributed by atoms with Crippen molar-refractivity contribution in [1.29, 1.82) is 0 Å². The Bertz CT molecular complexity index is 785. The number of hydrogen-bond acceptors (Lipinski definition) is 3. The van der Waals surface area contributed by atoms with Crippen LogP contribution in [0.5, 0.6) is 5.75 Å². The van der Waals surface area contributed by atoms with Crippen molar-refractivity contribution in [1.82, 2.24) is 0 Å². The van der Waals surface area contributed by atoms with Crippen molar-refractivity contribution >= 4 is 11.6 Å². The number of ketones is 2. The molecule has 0 aliphatic heterocycles. The summed E-state index contributed by atoms with van der Waals surface area (Å²) in [5.41, 5.74) is 1.39. The Morgan fingerprint density at radius 3 is 2.69 bits per heavy atom. The molecular weight excluding hydrogens is 345 g/mol. The summed E-state index contributed by atoms with van der Waals surface area (Å²) in [4.78, 5) is 24.5. The fourth-order valence-corrected chi connectivity index (χ4v) is 5.81. The number of aryl methyl sites for hydroxylation is 1. The van der Waals surface area contributed by atoms with Crippen molar-refractivity contribution in [3.8, 4) is 5.75 Å². The number of phenolic OH excluding ortho intramolecular Hbond substituents is 1. The van der Waals surface area contributed by atoms with Crippen LogP contribution in [0.15, 0.2) is 18.2 Å². The highest BCUT2D eigenvalue weighted by Gasteiger charge is 2.62. The third-order valence-corrected chi connectivity index (χ3v) is 7.06. The van der Waals surface area contributed by atoms with E-state index >= 15 is 0 Å². The van der Waals surface area contributed by atoms with Crippen molar-refractivity contribution in [2.75, 3.05) is 0 Å². The SMILES string of the molecule is C[C@]12CCC3c4ccc(O)cc4CCC3C1CC(C(=O)C(F)(F)F)C2=O. The van der Waals surface area contributed by atoms with Gasteiger partial charge in [-0.3, -0.25) is 9.59 Å². The van der Waals surface area contributed by atoms with E-state index in [2.05, 4.69) is 0 Å². The van der Waals surface area contributed by atoms with E-state index < -0.39 is 29.1 Å². The molecule has 3 nitrogen and oxygen atoms in total. The predicted octanol–water partition coefficient (Wildman–Crippen LogP) is 4.17. The van der Waals surface area contributed by atoms with Crippen LogP contribution in [0.25, 0.3) is 0 Å². The highest BCUT2D eigenvalue weighted by atomic mass is 19.4. The maximum absolute atomic E-state index is 12.9. The molecule has 5 atom stereocenters. The van der Waals surface area contributed by atoms with Crippen molar-refractivity contribution in [2.24, 2.45) is 23.2 Å². The number of alkyl halides is 3. The molecule has 0 amide bonds. The first-order chi connectivity index (χ1) is 12.1. The molecule has 1 aromatic carbocycles. The van der Waals surface area contributed by atoms with Crippen LogP contribution in [0.2, 0.25) is 0 Å². The summed E-state index contributed by atoms with van der Waals surface area (Å²) in [5, 5.41) is 9.69. The van der Waals surface area contributed by atoms with Crippen LogP contribution in [0.3, 0.4) is 0 Å². The van der Waals surface area contributed by atoms with Gasteiger partial charge >= 0.3 is 6.18 Å². The lowest BCUT2D eigenvalue weighted by Gasteiger charge is -2.48. The lowest BCUT2D eigenvalue weighted by molar-refractivity contribution is -0.176. The van der Waals surface area contributed by atoms with E-state index in [9.17, 15) is 27.9 Å². The number of Topliss-reactive ketones (excluding diaryl/α,β-unsaturated/α-hetero) is 2. The molecule has 4 unspecified atom stereocenters. The molecule has 2 fully saturated rings. The first-order valence-corrected chi connectivity index (χ1v) is 9.10. The van der Waals surface area contributed by atoms with Gasteiger partial charge in [-0.25, -0.2) is 0 Å². The Labute approximate surface area is 149 Å². The molecule has 3 aliphatic carbocycles. The Morgan fingerprint density at radius 1 is 1.27 bits per heavy atom. The summed E-state index contributed by atoms with van der Waals surface area (Å²) in [6, 6.07) is 5.30. The quantitative estimate of drug-likeness (QED) is 0.759. The van der Waals surface area contributed by atoms with E-state index in [1.807, 2.05) is 6.07 Å². The summed E-state index contributed by atoms with van der Waals surface area (Å²) >= 11 is 0. The number of carbonyl (C=O) groups is 2. The first-order valence-electron chi connectivity index (χ1n) is 9.10. The molecular formula is C20H21F3O3. The number of fused-ring (bicyclic) bond motifs is 5. The largest absolute Gasteiger partial charge is 0.508 e. The second-order valence-electron chi connectivity index (χ2n) is 8.27. The fraction of sp³-hybridized carbons (Fsp3) is 0.600. The number of hydrogen-bond donors (Lipinski definition) is 1. The third-order valence-electron chi connectivity index (χ3n) is 7.06. The number of phenols is 1. The lowest BCUT2D eigenvalue weighted by Crippen LogP contribution is -2.43. The minimum atomic E-state index is -4.96. The van der Waals surface area contributed by atoms with Crippen molar-refractivity contribution < 1.29 is 27.9 Å². The van der Waals surface area contributed by atoms with Gasteiger partial charge in [0, 0.05) is 5.41 Å². The smallest absolute Gasteiger partial charge is 0.450 e. The predicted molar refractivity (Wildman–Crippen MR) is 87.7 cm³/mol. The molecule has 1 N–H and O–H groups in total. The number of halogens is 3. The van der Waals surface area contributed by atoms with Crippen molar-refractivity contribution in [2.45, 2.75) is 51.1 Å². The van der Waals surface area contributed by atoms with Gasteiger partial charge in [-0.1, -0.05) is 13.0 Å². The van der Waals surface area contributed by atoms with Crippen LogP contribution < -0.4 is 0 Å². The summed E-state index contributed by atoms with van der Waals surface area (Å²) in [6.45, 7) is 1.76. The van der Waals surface area contributed by atoms with Crippen LogP contribution in [0, 0.1) is 23.2 Å². The molecule has 0 heterocycles. The average molecular weight is 366 g/mol. The van der Waals surface area contributed by atoms with E-state index in [-0.39, 0.29) is 29.9 Å². The summed E-state index contributed by atoms with van der Waals surface area (Å²) in [7, 11) is 0. The van der Waals surface area contributed by atoms with Crippen molar-refractivity contribution in [3.05, 3.63) is 29.3 Å². The van der Waals surface area contributed by atoms with Gasteiger partial charge in [0.2, 0.25) is 5.78 Å². The molecule has 0 bridgehead atoms. The van der Waals surface area contributed by atoms with Gasteiger partial charge in [-0.15, -0.1) is 0 Å². The molecule has 0 aromatic heterocycles. The van der Waals surface area contributed by atoms with Crippen LogP contribution in [0.1, 0.15) is 49.7 Å². The lowest BCUT2D eigenvalue weighted by atomic mass is 9.55. The normalized spacial score (nSPS) is 36.2. The summed E-state index contributed by atoms with van der Waals surface area (Å²) in [5.74, 6) is -3.60. The molecule has 3 aliphatic rings. The van der Waals surface area contributed by atoms with Gasteiger partial charge in [0.25, 0.3) is 0 Å². The first kappa shape index (κ1) is 17.6. The van der Waals surface area contributed by atoms with Gasteiger partial charge < -0.3 is 5.11 Å². The number of benzene rings is 1. The van der Waals surface area contributed by atoms with Crippen LogP contribution >= 0.6 is 0 Å². The zero-order chi connectivity index (χ0) is 18.9. The Balaban J connectivity index is 1.67. The van der Waals surface area contributed by atoms with E-state index in [4.69, 9.17) is 0 Å². The highest BCUT2D eigenvalue weighted by molar-refractivity contribution is 6.08. The molecule has 140 valence electrons. The molecule has 1 aromatic rings. The zero-order valence-corrected chi connectivity index (χ0v) is 14.5. The minimum absolute atomic E-state index is 0.0161. The molecule has 0 radical (unpaired) electrons. The molecule has 4 rings (SSSR count). The second-order valence-corrected chi connectivity index (χ2v) is 8.27. The second kappa shape index (κ2) is 5.57. The number of carbonyl (C=O) groups excluding carboxylic acids is 2. The number of rotatable bonds is 1. The summed E-state index contributed by atoms with van der Waals surface area (Å²) in [6.07, 6.45) is -2.18. The minimum Gasteiger partial charge on any atom is -0.508 e. The topological polar surface area (TPSA) is 54.4 Å². The number of aromatic hydroxyl groups is 1. The molecule has 26 heavy (non-hydrogen) atoms. The average Bonchev–Trinajstić information content (AvgIpc) is 2.84. The molecule has 0 saturated heterocycles. The molecule has 2 saturated carbocycles. The van der Waals surface area contributed by atoms with Crippen LogP contribution in [-0.4, -0.2) is 22.8 Å². The molecule has 6 heteroatoms. The van der Waals surface area contributed by atoms with Gasteiger partial charge in [0.1, 0.15) is 11.5 Å². The van der Waals surface area contributed by atoms with E-state index in [1.54, 1.807) is 19.1 Å². The van der Waals surface area contributed by atoms with E-state index in [1.165, 1.54) is 0 Å².